The van der Waals surface area contributed by atoms with Crippen molar-refractivity contribution in [2.24, 2.45) is 0 Å². The number of phosphoric acid groups is 1. The van der Waals surface area contributed by atoms with Gasteiger partial charge in [0.2, 0.25) is 0 Å². The molecule has 0 aromatic heterocycles. The molecule has 0 rings (SSSR count). The number of esters is 2. The van der Waals surface area contributed by atoms with E-state index in [1.165, 1.54) is 173 Å². The molecule has 0 saturated carbocycles. The predicted molar refractivity (Wildman–Crippen MR) is 335 cm³/mol. The minimum absolute atomic E-state index is 0.0272. The quantitative estimate of drug-likeness (QED) is 0.0211. The number of carbonyl (C=O) groups excluding carboxylic acids is 2. The van der Waals surface area contributed by atoms with Crippen molar-refractivity contribution in [2.75, 3.05) is 47.5 Å². The average molecular weight is 1120 g/mol. The molecule has 10 heteroatoms. The van der Waals surface area contributed by atoms with Crippen molar-refractivity contribution in [1.29, 1.82) is 0 Å². The molecule has 0 aliphatic heterocycles. The van der Waals surface area contributed by atoms with E-state index in [1.807, 2.05) is 21.1 Å². The maximum atomic E-state index is 12.8. The second-order valence-corrected chi connectivity index (χ2v) is 24.6. The molecule has 2 unspecified atom stereocenters. The van der Waals surface area contributed by atoms with Gasteiger partial charge in [-0.3, -0.25) is 18.6 Å². The van der Waals surface area contributed by atoms with Crippen LogP contribution in [-0.4, -0.2) is 74.9 Å². The lowest BCUT2D eigenvalue weighted by atomic mass is 10.0. The standard InChI is InChI=1S/C68H124NO8P/c1-6-8-10-12-14-16-18-20-22-24-26-27-28-29-30-31-32-33-34-35-36-37-38-39-40-41-43-44-46-48-50-52-54-56-58-60-67(70)74-64-66(65-76-78(72,73)75-63-62-69(3,4)5)77-68(71)61-59-57-55-53-51-49-47-45-42-25-23-21-19-17-15-13-11-9-7-2/h9,11,15,17-18,20-21,23-24,26,42,45,66H,6-8,10,12-14,16,19,22,25,27-41,43-44,46-65H2,1-5H3/p+1/b11-9-,17-15-,20-18-,23-21-,26-24-,45-42-. The topological polar surface area (TPSA) is 108 Å². The Morgan fingerprint density at radius 2 is 0.731 bits per heavy atom. The van der Waals surface area contributed by atoms with E-state index < -0.39 is 26.5 Å². The second kappa shape index (κ2) is 59.1. The molecule has 2 atom stereocenters. The lowest BCUT2D eigenvalue weighted by molar-refractivity contribution is -0.870. The van der Waals surface area contributed by atoms with Gasteiger partial charge in [0.15, 0.2) is 6.10 Å². The summed E-state index contributed by atoms with van der Waals surface area (Å²) in [5, 5.41) is 0. The highest BCUT2D eigenvalue weighted by atomic mass is 31.2. The molecule has 0 aliphatic carbocycles. The number of hydrogen-bond acceptors (Lipinski definition) is 7. The first-order chi connectivity index (χ1) is 38.0. The summed E-state index contributed by atoms with van der Waals surface area (Å²) in [7, 11) is 1.47. The number of hydrogen-bond donors (Lipinski definition) is 1. The van der Waals surface area contributed by atoms with Crippen molar-refractivity contribution in [3.8, 4) is 0 Å². The summed E-state index contributed by atoms with van der Waals surface area (Å²) < 4.78 is 34.6. The van der Waals surface area contributed by atoms with E-state index >= 15 is 0 Å². The number of phosphoric ester groups is 1. The van der Waals surface area contributed by atoms with E-state index in [0.717, 1.165) is 89.9 Å². The Labute approximate surface area is 482 Å². The van der Waals surface area contributed by atoms with Crippen LogP contribution in [0.25, 0.3) is 0 Å². The second-order valence-electron chi connectivity index (χ2n) is 23.1. The highest BCUT2D eigenvalue weighted by Crippen LogP contribution is 2.43. The Bertz CT molecular complexity index is 1550. The van der Waals surface area contributed by atoms with E-state index in [1.54, 1.807) is 0 Å². The molecule has 0 radical (unpaired) electrons. The minimum atomic E-state index is -4.39. The average Bonchev–Trinajstić information content (AvgIpc) is 3.41. The largest absolute Gasteiger partial charge is 0.472 e. The third-order valence-electron chi connectivity index (χ3n) is 14.2. The fourth-order valence-electron chi connectivity index (χ4n) is 9.22. The molecule has 0 heterocycles. The molecule has 0 aromatic carbocycles. The molecular formula is C68H125NO8P+. The van der Waals surface area contributed by atoms with Crippen LogP contribution in [-0.2, 0) is 32.7 Å². The number of rotatable bonds is 60. The van der Waals surface area contributed by atoms with E-state index in [-0.39, 0.29) is 32.0 Å². The predicted octanol–water partition coefficient (Wildman–Crippen LogP) is 20.8. The summed E-state index contributed by atoms with van der Waals surface area (Å²) in [5.41, 5.74) is 0. The van der Waals surface area contributed by atoms with Crippen molar-refractivity contribution in [1.82, 2.24) is 0 Å². The lowest BCUT2D eigenvalue weighted by Crippen LogP contribution is -2.37. The van der Waals surface area contributed by atoms with Crippen molar-refractivity contribution in [2.45, 2.75) is 302 Å². The molecule has 9 nitrogen and oxygen atoms in total. The summed E-state index contributed by atoms with van der Waals surface area (Å²) in [5.74, 6) is -0.805. The van der Waals surface area contributed by atoms with Gasteiger partial charge in [-0.1, -0.05) is 273 Å². The number of likely N-dealkylation sites (N-methyl/N-ethyl adjacent to an activating group) is 1. The molecule has 0 aromatic rings. The molecular weight excluding hydrogens is 990 g/mol. The Morgan fingerprint density at radius 3 is 1.09 bits per heavy atom. The molecule has 0 bridgehead atoms. The smallest absolute Gasteiger partial charge is 0.462 e. The normalized spacial score (nSPS) is 13.7. The number of allylic oxidation sites excluding steroid dienone is 12. The van der Waals surface area contributed by atoms with Gasteiger partial charge in [0.25, 0.3) is 0 Å². The summed E-state index contributed by atoms with van der Waals surface area (Å²) in [4.78, 5) is 35.8. The van der Waals surface area contributed by atoms with E-state index in [0.29, 0.717) is 17.4 Å². The van der Waals surface area contributed by atoms with Gasteiger partial charge in [0.05, 0.1) is 27.7 Å². The van der Waals surface area contributed by atoms with Crippen molar-refractivity contribution in [3.63, 3.8) is 0 Å². The van der Waals surface area contributed by atoms with Gasteiger partial charge < -0.3 is 18.9 Å². The molecule has 0 spiro atoms. The molecule has 1 N–H and O–H groups in total. The van der Waals surface area contributed by atoms with Crippen LogP contribution in [0.1, 0.15) is 296 Å². The van der Waals surface area contributed by atoms with E-state index in [4.69, 9.17) is 18.5 Å². The maximum Gasteiger partial charge on any atom is 0.472 e. The molecule has 0 amide bonds. The first-order valence-corrected chi connectivity index (χ1v) is 34.2. The zero-order valence-corrected chi connectivity index (χ0v) is 52.5. The first kappa shape index (κ1) is 75.5. The van der Waals surface area contributed by atoms with Gasteiger partial charge in [0.1, 0.15) is 19.8 Å². The molecule has 78 heavy (non-hydrogen) atoms. The van der Waals surface area contributed by atoms with Gasteiger partial charge >= 0.3 is 19.8 Å². The van der Waals surface area contributed by atoms with Crippen LogP contribution in [0.5, 0.6) is 0 Å². The Kier molecular flexibility index (Phi) is 57.2. The third-order valence-corrected chi connectivity index (χ3v) is 15.2. The number of ether oxygens (including phenoxy) is 2. The lowest BCUT2D eigenvalue weighted by Gasteiger charge is -2.24. The Hall–Kier alpha value is -2.55. The van der Waals surface area contributed by atoms with Gasteiger partial charge in [-0.2, -0.15) is 0 Å². The van der Waals surface area contributed by atoms with Crippen LogP contribution in [0.2, 0.25) is 0 Å². The van der Waals surface area contributed by atoms with Crippen LogP contribution >= 0.6 is 7.82 Å². The van der Waals surface area contributed by atoms with Crippen LogP contribution in [0.3, 0.4) is 0 Å². The van der Waals surface area contributed by atoms with Crippen LogP contribution in [0.15, 0.2) is 72.9 Å². The summed E-state index contributed by atoms with van der Waals surface area (Å²) in [6, 6.07) is 0. The Balaban J connectivity index is 3.99. The van der Waals surface area contributed by atoms with Crippen molar-refractivity contribution < 1.29 is 42.1 Å². The summed E-state index contributed by atoms with van der Waals surface area (Å²) in [6.07, 6.45) is 78.6. The van der Waals surface area contributed by atoms with Gasteiger partial charge in [0, 0.05) is 12.8 Å². The number of carbonyl (C=O) groups is 2. The monoisotopic (exact) mass is 1110 g/mol. The summed E-state index contributed by atoms with van der Waals surface area (Å²) in [6.45, 7) is 4.32. The highest BCUT2D eigenvalue weighted by molar-refractivity contribution is 7.47. The highest BCUT2D eigenvalue weighted by Gasteiger charge is 2.27. The number of unbranched alkanes of at least 4 members (excludes halogenated alkanes) is 34. The van der Waals surface area contributed by atoms with E-state index in [2.05, 4.69) is 86.8 Å². The number of quaternary nitrogens is 1. The zero-order valence-electron chi connectivity index (χ0n) is 51.6. The van der Waals surface area contributed by atoms with Crippen molar-refractivity contribution in [3.05, 3.63) is 72.9 Å². The fraction of sp³-hybridized carbons (Fsp3) is 0.794. The molecule has 454 valence electrons. The molecule has 0 aliphatic rings. The van der Waals surface area contributed by atoms with Gasteiger partial charge in [-0.05, 0) is 83.5 Å². The SMILES string of the molecule is CC/C=C\C/C=C\C/C=C\C/C=C\CCCCCCCCC(=O)OC(COC(=O)CCCCCCCCCCCCCCCCCCCCCCCCC/C=C\C/C=C\CCCCCCC)COP(=O)(O)OCC[N+](C)(C)C. The van der Waals surface area contributed by atoms with Gasteiger partial charge in [-0.25, -0.2) is 4.57 Å². The van der Waals surface area contributed by atoms with Crippen LogP contribution < -0.4 is 0 Å². The zero-order chi connectivity index (χ0) is 57.0. The van der Waals surface area contributed by atoms with E-state index in [9.17, 15) is 19.0 Å². The van der Waals surface area contributed by atoms with Crippen molar-refractivity contribution >= 4 is 19.8 Å². The maximum absolute atomic E-state index is 12.8. The Morgan fingerprint density at radius 1 is 0.410 bits per heavy atom. The minimum Gasteiger partial charge on any atom is -0.462 e. The molecule has 0 fully saturated rings. The first-order valence-electron chi connectivity index (χ1n) is 32.7. The third kappa shape index (κ3) is 62.6. The fourth-order valence-corrected chi connectivity index (χ4v) is 9.96. The van der Waals surface area contributed by atoms with Gasteiger partial charge in [-0.15, -0.1) is 0 Å². The summed E-state index contributed by atoms with van der Waals surface area (Å²) >= 11 is 0. The molecule has 0 saturated heterocycles. The van der Waals surface area contributed by atoms with Crippen LogP contribution in [0, 0.1) is 0 Å². The number of nitrogens with zero attached hydrogens (tertiary/aromatic N) is 1. The van der Waals surface area contributed by atoms with Crippen LogP contribution in [0.4, 0.5) is 0 Å².